The Hall–Kier alpha value is -1.51. The molecule has 0 aromatic heterocycles. The molecule has 76 valence electrons. The van der Waals surface area contributed by atoms with Crippen molar-refractivity contribution in [1.29, 1.82) is 5.41 Å². The number of amidine groups is 1. The zero-order chi connectivity index (χ0) is 10.9. The number of benzene rings is 1. The average molecular weight is 192 g/mol. The molecule has 0 saturated carbocycles. The lowest BCUT2D eigenvalue weighted by Crippen LogP contribution is -2.14. The Bertz CT molecular complexity index is 364. The molecule has 4 N–H and O–H groups in total. The van der Waals surface area contributed by atoms with Crippen LogP contribution in [0, 0.1) is 5.41 Å². The summed E-state index contributed by atoms with van der Waals surface area (Å²) in [5.74, 6) is -0.0344. The van der Waals surface area contributed by atoms with Crippen LogP contribution in [0.3, 0.4) is 0 Å². The largest absolute Gasteiger partial charge is 0.507 e. The Kier molecular flexibility index (Phi) is 2.51. The number of hydrogen-bond donors (Lipinski definition) is 3. The maximum absolute atomic E-state index is 9.60. The zero-order valence-electron chi connectivity index (χ0n) is 8.76. The number of aromatic hydroxyl groups is 1. The van der Waals surface area contributed by atoms with Gasteiger partial charge in [0.25, 0.3) is 0 Å². The minimum absolute atomic E-state index is 0.00714. The minimum atomic E-state index is -0.108. The van der Waals surface area contributed by atoms with Gasteiger partial charge in [-0.1, -0.05) is 26.8 Å². The summed E-state index contributed by atoms with van der Waals surface area (Å²) >= 11 is 0. The van der Waals surface area contributed by atoms with Gasteiger partial charge in [0.1, 0.15) is 11.6 Å². The minimum Gasteiger partial charge on any atom is -0.507 e. The number of nitrogens with two attached hydrogens (primary N) is 1. The number of phenolic OH excluding ortho intramolecular Hbond substituents is 1. The molecule has 3 heteroatoms. The van der Waals surface area contributed by atoms with Gasteiger partial charge >= 0.3 is 0 Å². The summed E-state index contributed by atoms with van der Waals surface area (Å²) in [4.78, 5) is 0. The van der Waals surface area contributed by atoms with E-state index in [1.54, 1.807) is 12.1 Å². The number of nitrogen functional groups attached to an aromatic ring is 1. The maximum Gasteiger partial charge on any atom is 0.126 e. The second-order valence-electron chi connectivity index (χ2n) is 4.40. The summed E-state index contributed by atoms with van der Waals surface area (Å²) in [5, 5.41) is 16.8. The van der Waals surface area contributed by atoms with Gasteiger partial charge in [-0.05, 0) is 23.1 Å². The van der Waals surface area contributed by atoms with Crippen molar-refractivity contribution < 1.29 is 5.11 Å². The Labute approximate surface area is 84.1 Å². The molecule has 1 rings (SSSR count). The number of hydrogen-bond acceptors (Lipinski definition) is 2. The Morgan fingerprint density at radius 3 is 2.29 bits per heavy atom. The second kappa shape index (κ2) is 3.33. The van der Waals surface area contributed by atoms with Crippen LogP contribution < -0.4 is 5.73 Å². The molecular weight excluding hydrogens is 176 g/mol. The lowest BCUT2D eigenvalue weighted by Gasteiger charge is -2.19. The van der Waals surface area contributed by atoms with Crippen LogP contribution in [0.25, 0.3) is 0 Å². The second-order valence-corrected chi connectivity index (χ2v) is 4.40. The molecule has 0 amide bonds. The van der Waals surface area contributed by atoms with Crippen LogP contribution in [0.1, 0.15) is 31.9 Å². The lowest BCUT2D eigenvalue weighted by molar-refractivity contribution is 0.469. The number of nitrogens with one attached hydrogen (secondary N) is 1. The highest BCUT2D eigenvalue weighted by molar-refractivity contribution is 5.97. The highest BCUT2D eigenvalue weighted by Gasteiger charge is 2.15. The highest BCUT2D eigenvalue weighted by Crippen LogP contribution is 2.27. The fourth-order valence-corrected chi connectivity index (χ4v) is 1.23. The zero-order valence-corrected chi connectivity index (χ0v) is 8.76. The Morgan fingerprint density at radius 1 is 1.36 bits per heavy atom. The van der Waals surface area contributed by atoms with E-state index in [1.807, 2.05) is 6.07 Å². The van der Waals surface area contributed by atoms with Gasteiger partial charge < -0.3 is 10.8 Å². The van der Waals surface area contributed by atoms with Crippen molar-refractivity contribution in [3.63, 3.8) is 0 Å². The van der Waals surface area contributed by atoms with Crippen LogP contribution in [0.2, 0.25) is 0 Å². The molecule has 0 atom stereocenters. The fourth-order valence-electron chi connectivity index (χ4n) is 1.23. The van der Waals surface area contributed by atoms with Crippen LogP contribution >= 0.6 is 0 Å². The van der Waals surface area contributed by atoms with E-state index in [0.29, 0.717) is 5.56 Å². The van der Waals surface area contributed by atoms with Crippen molar-refractivity contribution in [3.05, 3.63) is 29.3 Å². The van der Waals surface area contributed by atoms with E-state index in [-0.39, 0.29) is 17.0 Å². The van der Waals surface area contributed by atoms with Crippen LogP contribution in [0.4, 0.5) is 0 Å². The molecule has 0 aliphatic heterocycles. The first-order chi connectivity index (χ1) is 6.32. The predicted molar refractivity (Wildman–Crippen MR) is 57.8 cm³/mol. The highest BCUT2D eigenvalue weighted by atomic mass is 16.3. The van der Waals surface area contributed by atoms with Gasteiger partial charge in [0.15, 0.2) is 0 Å². The third kappa shape index (κ3) is 2.05. The van der Waals surface area contributed by atoms with Gasteiger partial charge in [-0.3, -0.25) is 5.41 Å². The molecule has 0 fully saturated rings. The lowest BCUT2D eigenvalue weighted by atomic mass is 9.86. The molecule has 14 heavy (non-hydrogen) atoms. The molecule has 0 saturated heterocycles. The van der Waals surface area contributed by atoms with Crippen LogP contribution in [0.15, 0.2) is 18.2 Å². The van der Waals surface area contributed by atoms with E-state index < -0.39 is 0 Å². The first-order valence-electron chi connectivity index (χ1n) is 4.50. The van der Waals surface area contributed by atoms with Gasteiger partial charge in [0.2, 0.25) is 0 Å². The monoisotopic (exact) mass is 192 g/mol. The molecule has 0 radical (unpaired) electrons. The third-order valence-corrected chi connectivity index (χ3v) is 2.15. The molecule has 3 nitrogen and oxygen atoms in total. The normalized spacial score (nSPS) is 11.4. The SMILES string of the molecule is CC(C)(C)c1ccc(C(=N)N)c(O)c1. The van der Waals surface area contributed by atoms with Crippen molar-refractivity contribution in [3.8, 4) is 5.75 Å². The van der Waals surface area contributed by atoms with E-state index >= 15 is 0 Å². The standard InChI is InChI=1S/C11H16N2O/c1-11(2,3)7-4-5-8(10(12)13)9(14)6-7/h4-6,14H,1-3H3,(H3,12,13). The van der Waals surface area contributed by atoms with E-state index in [1.165, 1.54) is 0 Å². The van der Waals surface area contributed by atoms with E-state index in [2.05, 4.69) is 20.8 Å². The molecule has 0 bridgehead atoms. The summed E-state index contributed by atoms with van der Waals surface area (Å²) in [6.07, 6.45) is 0. The molecule has 0 unspecified atom stereocenters. The topological polar surface area (TPSA) is 70.1 Å². The summed E-state index contributed by atoms with van der Waals surface area (Å²) in [6.45, 7) is 6.19. The first-order valence-corrected chi connectivity index (χ1v) is 4.50. The quantitative estimate of drug-likeness (QED) is 0.470. The Morgan fingerprint density at radius 2 is 1.93 bits per heavy atom. The van der Waals surface area contributed by atoms with E-state index in [0.717, 1.165) is 5.56 Å². The van der Waals surface area contributed by atoms with Crippen LogP contribution in [-0.4, -0.2) is 10.9 Å². The number of phenols is 1. The third-order valence-electron chi connectivity index (χ3n) is 2.15. The molecule has 0 aliphatic carbocycles. The van der Waals surface area contributed by atoms with Crippen molar-refractivity contribution in [2.75, 3.05) is 0 Å². The summed E-state index contributed by atoms with van der Waals surface area (Å²) in [7, 11) is 0. The summed E-state index contributed by atoms with van der Waals surface area (Å²) < 4.78 is 0. The fraction of sp³-hybridized carbons (Fsp3) is 0.364. The van der Waals surface area contributed by atoms with Gasteiger partial charge in [0.05, 0.1) is 5.56 Å². The van der Waals surface area contributed by atoms with Gasteiger partial charge in [0, 0.05) is 0 Å². The van der Waals surface area contributed by atoms with Crippen LogP contribution in [0.5, 0.6) is 5.75 Å². The van der Waals surface area contributed by atoms with Gasteiger partial charge in [-0.25, -0.2) is 0 Å². The Balaban J connectivity index is 3.20. The maximum atomic E-state index is 9.60. The number of rotatable bonds is 1. The van der Waals surface area contributed by atoms with E-state index in [4.69, 9.17) is 11.1 Å². The predicted octanol–water partition coefficient (Wildman–Crippen LogP) is 1.97. The average Bonchev–Trinajstić information content (AvgIpc) is 2.01. The van der Waals surface area contributed by atoms with E-state index in [9.17, 15) is 5.11 Å². The summed E-state index contributed by atoms with van der Waals surface area (Å²) in [5.41, 5.74) is 6.70. The van der Waals surface area contributed by atoms with Gasteiger partial charge in [-0.2, -0.15) is 0 Å². The molecule has 1 aromatic carbocycles. The molecule has 0 heterocycles. The molecule has 0 spiro atoms. The smallest absolute Gasteiger partial charge is 0.126 e. The van der Waals surface area contributed by atoms with Gasteiger partial charge in [-0.15, -0.1) is 0 Å². The van der Waals surface area contributed by atoms with Crippen molar-refractivity contribution in [1.82, 2.24) is 0 Å². The summed E-state index contributed by atoms with van der Waals surface area (Å²) in [6, 6.07) is 5.23. The molecule has 0 aliphatic rings. The molecular formula is C11H16N2O. The molecule has 1 aromatic rings. The van der Waals surface area contributed by atoms with Crippen molar-refractivity contribution in [2.24, 2.45) is 5.73 Å². The van der Waals surface area contributed by atoms with Crippen LogP contribution in [-0.2, 0) is 5.41 Å². The van der Waals surface area contributed by atoms with Crippen molar-refractivity contribution >= 4 is 5.84 Å². The van der Waals surface area contributed by atoms with Crippen molar-refractivity contribution in [2.45, 2.75) is 26.2 Å². The first kappa shape index (κ1) is 10.6.